The Kier molecular flexibility index (Phi) is 2.56. The van der Waals surface area contributed by atoms with Crippen molar-refractivity contribution in [2.45, 2.75) is 0 Å². The topological polar surface area (TPSA) is 54.5 Å². The summed E-state index contributed by atoms with van der Waals surface area (Å²) in [5, 5.41) is 13.5. The number of halogens is 1. The fourth-order valence-corrected chi connectivity index (χ4v) is 3.35. The van der Waals surface area contributed by atoms with E-state index in [9.17, 15) is 9.50 Å². The van der Waals surface area contributed by atoms with E-state index in [1.165, 1.54) is 12.1 Å². The van der Waals surface area contributed by atoms with Crippen molar-refractivity contribution in [1.82, 2.24) is 4.98 Å². The smallest absolute Gasteiger partial charge is 0.231 e. The first-order chi connectivity index (χ1) is 11.7. The van der Waals surface area contributed by atoms with Crippen LogP contribution >= 0.6 is 0 Å². The molecule has 0 radical (unpaired) electrons. The van der Waals surface area contributed by atoms with Crippen molar-refractivity contribution in [3.8, 4) is 28.5 Å². The fourth-order valence-electron chi connectivity index (χ4n) is 3.35. The molecule has 1 aliphatic rings. The Bertz CT molecular complexity index is 1100. The summed E-state index contributed by atoms with van der Waals surface area (Å²) in [4.78, 5) is 2.85. The molecular formula is C19H12FNO3. The third-order valence-electron chi connectivity index (χ3n) is 4.42. The van der Waals surface area contributed by atoms with Crippen LogP contribution in [0, 0.1) is 5.82 Å². The van der Waals surface area contributed by atoms with Crippen LogP contribution in [0.25, 0.3) is 32.7 Å². The number of aromatic nitrogens is 1. The zero-order valence-electron chi connectivity index (χ0n) is 12.5. The van der Waals surface area contributed by atoms with Gasteiger partial charge in [0.1, 0.15) is 5.82 Å². The van der Waals surface area contributed by atoms with Crippen LogP contribution in [0.5, 0.6) is 17.4 Å². The van der Waals surface area contributed by atoms with Crippen molar-refractivity contribution in [3.05, 3.63) is 54.5 Å². The highest BCUT2D eigenvalue weighted by atomic mass is 19.1. The number of fused-ring (bicyclic) bond motifs is 4. The third-order valence-corrected chi connectivity index (χ3v) is 4.42. The van der Waals surface area contributed by atoms with Gasteiger partial charge in [-0.05, 0) is 35.2 Å². The molecule has 1 aromatic heterocycles. The summed E-state index contributed by atoms with van der Waals surface area (Å²) in [6.07, 6.45) is 1.75. The highest BCUT2D eigenvalue weighted by Crippen LogP contribution is 2.47. The lowest BCUT2D eigenvalue weighted by Crippen LogP contribution is -1.93. The second-order valence-corrected chi connectivity index (χ2v) is 5.75. The Labute approximate surface area is 136 Å². The van der Waals surface area contributed by atoms with Gasteiger partial charge in [0.15, 0.2) is 17.4 Å². The normalized spacial score (nSPS) is 13.0. The molecule has 2 N–H and O–H groups in total. The molecule has 2 heterocycles. The average Bonchev–Trinajstić information content (AvgIpc) is 3.21. The summed E-state index contributed by atoms with van der Waals surface area (Å²) >= 11 is 0. The minimum atomic E-state index is -0.294. The number of hydrogen-bond donors (Lipinski definition) is 2. The number of aromatic amines is 1. The van der Waals surface area contributed by atoms with E-state index in [2.05, 4.69) is 4.98 Å². The van der Waals surface area contributed by atoms with E-state index in [0.29, 0.717) is 16.9 Å². The molecule has 24 heavy (non-hydrogen) atoms. The van der Waals surface area contributed by atoms with Gasteiger partial charge in [-0.3, -0.25) is 0 Å². The summed E-state index contributed by atoms with van der Waals surface area (Å²) in [5.74, 6) is 1.17. The lowest BCUT2D eigenvalue weighted by Gasteiger charge is -2.12. The largest absolute Gasteiger partial charge is 0.494 e. The summed E-state index contributed by atoms with van der Waals surface area (Å²) in [6, 6.07) is 12.0. The molecule has 0 fully saturated rings. The van der Waals surface area contributed by atoms with Crippen LogP contribution in [0.15, 0.2) is 48.7 Å². The van der Waals surface area contributed by atoms with E-state index < -0.39 is 0 Å². The van der Waals surface area contributed by atoms with Crippen LogP contribution < -0.4 is 9.47 Å². The first-order valence-electron chi connectivity index (χ1n) is 7.53. The quantitative estimate of drug-likeness (QED) is 0.540. The van der Waals surface area contributed by atoms with Crippen LogP contribution in [0.4, 0.5) is 4.39 Å². The number of aromatic hydroxyl groups is 1. The van der Waals surface area contributed by atoms with E-state index in [4.69, 9.17) is 9.47 Å². The number of H-pyrrole nitrogens is 1. The molecule has 118 valence electrons. The average molecular weight is 321 g/mol. The Morgan fingerprint density at radius 2 is 1.83 bits per heavy atom. The molecule has 0 bridgehead atoms. The maximum absolute atomic E-state index is 13.4. The molecule has 0 saturated heterocycles. The van der Waals surface area contributed by atoms with Crippen LogP contribution in [-0.4, -0.2) is 16.9 Å². The lowest BCUT2D eigenvalue weighted by molar-refractivity contribution is 0.175. The molecule has 5 heteroatoms. The van der Waals surface area contributed by atoms with Gasteiger partial charge in [0.2, 0.25) is 6.79 Å². The van der Waals surface area contributed by atoms with Gasteiger partial charge >= 0.3 is 0 Å². The Morgan fingerprint density at radius 1 is 1.00 bits per heavy atom. The molecule has 0 unspecified atom stereocenters. The standard InChI is InChI=1S/C19H12FNO3/c20-12-4-1-10(2-5-12)16-14-8-21-19(22)13(14)7-11-3-6-15-18(17(11)16)24-9-23-15/h1-8,21-22H,9H2. The van der Waals surface area contributed by atoms with Crippen molar-refractivity contribution >= 4 is 21.5 Å². The maximum Gasteiger partial charge on any atom is 0.231 e. The van der Waals surface area contributed by atoms with Gasteiger partial charge in [-0.1, -0.05) is 18.2 Å². The summed E-state index contributed by atoms with van der Waals surface area (Å²) in [7, 11) is 0. The molecule has 3 aromatic carbocycles. The summed E-state index contributed by atoms with van der Waals surface area (Å²) in [5.41, 5.74) is 1.72. The van der Waals surface area contributed by atoms with Crippen LogP contribution in [0.2, 0.25) is 0 Å². The van der Waals surface area contributed by atoms with Crippen molar-refractivity contribution < 1.29 is 19.0 Å². The third kappa shape index (κ3) is 1.72. The monoisotopic (exact) mass is 321 g/mol. The Morgan fingerprint density at radius 3 is 2.67 bits per heavy atom. The SMILES string of the molecule is Oc1[nH]cc2c(-c3ccc(F)cc3)c3c4c(ccc3cc12)OCO4. The number of benzene rings is 3. The van der Waals surface area contributed by atoms with Crippen LogP contribution in [-0.2, 0) is 0 Å². The number of nitrogens with one attached hydrogen (secondary N) is 1. The molecular weight excluding hydrogens is 309 g/mol. The second kappa shape index (κ2) is 4.64. The van der Waals surface area contributed by atoms with Gasteiger partial charge in [-0.25, -0.2) is 4.39 Å². The predicted octanol–water partition coefficient (Wildman–Crippen LogP) is 4.56. The van der Waals surface area contributed by atoms with E-state index in [-0.39, 0.29) is 18.5 Å². The van der Waals surface area contributed by atoms with Crippen LogP contribution in [0.1, 0.15) is 0 Å². The van der Waals surface area contributed by atoms with Gasteiger partial charge in [-0.15, -0.1) is 0 Å². The minimum absolute atomic E-state index is 0.105. The van der Waals surface area contributed by atoms with Gasteiger partial charge in [0, 0.05) is 27.9 Å². The van der Waals surface area contributed by atoms with E-state index in [0.717, 1.165) is 27.3 Å². The molecule has 5 rings (SSSR count). The van der Waals surface area contributed by atoms with Crippen LogP contribution in [0.3, 0.4) is 0 Å². The van der Waals surface area contributed by atoms with Crippen molar-refractivity contribution in [1.29, 1.82) is 0 Å². The fraction of sp³-hybridized carbons (Fsp3) is 0.0526. The van der Waals surface area contributed by atoms with Gasteiger partial charge in [-0.2, -0.15) is 0 Å². The van der Waals surface area contributed by atoms with Crippen molar-refractivity contribution in [2.75, 3.05) is 6.79 Å². The van der Waals surface area contributed by atoms with Gasteiger partial charge in [0.25, 0.3) is 0 Å². The molecule has 0 saturated carbocycles. The highest BCUT2D eigenvalue weighted by Gasteiger charge is 2.22. The van der Waals surface area contributed by atoms with E-state index in [1.807, 2.05) is 18.2 Å². The van der Waals surface area contributed by atoms with E-state index in [1.54, 1.807) is 18.3 Å². The molecule has 0 aliphatic carbocycles. The molecule has 1 aliphatic heterocycles. The molecule has 0 atom stereocenters. The zero-order chi connectivity index (χ0) is 16.3. The number of rotatable bonds is 1. The summed E-state index contributed by atoms with van der Waals surface area (Å²) in [6.45, 7) is 0.174. The van der Waals surface area contributed by atoms with Crippen molar-refractivity contribution in [2.24, 2.45) is 0 Å². The minimum Gasteiger partial charge on any atom is -0.494 e. The summed E-state index contributed by atoms with van der Waals surface area (Å²) < 4.78 is 24.5. The first-order valence-corrected chi connectivity index (χ1v) is 7.53. The molecule has 0 amide bonds. The molecule has 4 aromatic rings. The maximum atomic E-state index is 13.4. The Hall–Kier alpha value is -3.21. The van der Waals surface area contributed by atoms with E-state index >= 15 is 0 Å². The molecule has 4 nitrogen and oxygen atoms in total. The van der Waals surface area contributed by atoms with Gasteiger partial charge in [0.05, 0.1) is 0 Å². The van der Waals surface area contributed by atoms with Crippen molar-refractivity contribution in [3.63, 3.8) is 0 Å². The molecule has 0 spiro atoms. The first kappa shape index (κ1) is 13.2. The van der Waals surface area contributed by atoms with Gasteiger partial charge < -0.3 is 19.6 Å². The predicted molar refractivity (Wildman–Crippen MR) is 89.0 cm³/mol. The highest BCUT2D eigenvalue weighted by molar-refractivity contribution is 6.16. The zero-order valence-corrected chi connectivity index (χ0v) is 12.5. The number of ether oxygens (including phenoxy) is 2. The Balaban J connectivity index is 1.99. The number of hydrogen-bond acceptors (Lipinski definition) is 3. The lowest BCUT2D eigenvalue weighted by atomic mass is 9.93. The second-order valence-electron chi connectivity index (χ2n) is 5.75.